The molecule has 0 aliphatic rings. The molecule has 6 aromatic carbocycles. The maximum absolute atomic E-state index is 8.12. The molecular formula is C64H74Ir2N6O6-. The fraction of sp³-hybridized carbons (Fsp3) is 0.281. The van der Waals surface area contributed by atoms with Crippen molar-refractivity contribution in [2.45, 2.75) is 95.9 Å². The van der Waals surface area contributed by atoms with Gasteiger partial charge in [-0.1, -0.05) is 149 Å². The molecule has 12 nitrogen and oxygen atoms in total. The van der Waals surface area contributed by atoms with Gasteiger partial charge in [0.1, 0.15) is 5.82 Å². The van der Waals surface area contributed by atoms with E-state index in [1.807, 2.05) is 36.4 Å². The summed E-state index contributed by atoms with van der Waals surface area (Å²) < 4.78 is 4.62. The van der Waals surface area contributed by atoms with Crippen molar-refractivity contribution in [1.29, 1.82) is 0 Å². The molecule has 0 bridgehead atoms. The molecule has 0 spiro atoms. The third kappa shape index (κ3) is 20.9. The zero-order chi connectivity index (χ0) is 52.0. The minimum atomic E-state index is 0. The Hall–Kier alpha value is -7.32. The Labute approximate surface area is 491 Å². The number of fused-ring (bicyclic) bond motifs is 2. The maximum atomic E-state index is 8.12. The molecule has 0 unspecified atom stereocenters. The first-order valence-electron chi connectivity index (χ1n) is 23.2. The van der Waals surface area contributed by atoms with E-state index in [1.54, 1.807) is 0 Å². The number of aromatic nitrogens is 4. The van der Waals surface area contributed by atoms with Crippen LogP contribution in [0.2, 0.25) is 0 Å². The molecule has 0 saturated heterocycles. The van der Waals surface area contributed by atoms with E-state index in [1.165, 1.54) is 33.6 Å². The Bertz CT molecular complexity index is 2930. The van der Waals surface area contributed by atoms with Gasteiger partial charge in [0.25, 0.3) is 0 Å². The van der Waals surface area contributed by atoms with E-state index in [0.717, 1.165) is 76.2 Å². The SMILES string of the molecule is C.C.O=C=O.O=C=O.O=C=O.[C-]#[N+]c1cc(CC(C)C)c(-n2c(-c3[c-]cccc3)nc3ccccc32)c(CC(C)C)c1.[C-]#[N+]c1cc(CC(C)C)c(-n2c(-c3ccccc3)nc3ccccc32)c(CC(C)C)c1.[CH3-].[CH3-].[CH3-].[Ir+3].[Ir]. The van der Waals surface area contributed by atoms with Crippen molar-refractivity contribution in [3.05, 3.63) is 201 Å². The van der Waals surface area contributed by atoms with Gasteiger partial charge in [-0.15, -0.1) is 35.9 Å². The third-order valence-electron chi connectivity index (χ3n) is 10.8. The predicted octanol–water partition coefficient (Wildman–Crippen LogP) is 15.9. The summed E-state index contributed by atoms with van der Waals surface area (Å²) in [6.45, 7) is 33.2. The molecule has 0 N–H and O–H groups in total. The summed E-state index contributed by atoms with van der Waals surface area (Å²) in [4.78, 5) is 66.4. The first-order chi connectivity index (χ1) is 34.2. The summed E-state index contributed by atoms with van der Waals surface area (Å²) in [5, 5.41) is 0. The van der Waals surface area contributed by atoms with Gasteiger partial charge < -0.3 is 26.8 Å². The maximum Gasteiger partial charge on any atom is 3.00 e. The van der Waals surface area contributed by atoms with E-state index in [4.69, 9.17) is 51.9 Å². The average Bonchev–Trinajstić information content (AvgIpc) is 3.91. The molecule has 415 valence electrons. The van der Waals surface area contributed by atoms with Gasteiger partial charge >= 0.3 is 38.6 Å². The minimum Gasteiger partial charge on any atom is -0.358 e. The zero-order valence-corrected chi connectivity index (χ0v) is 49.9. The number of carbonyl (C=O) groups excluding carboxylic acids is 6. The van der Waals surface area contributed by atoms with Gasteiger partial charge in [-0.25, -0.2) is 14.7 Å². The van der Waals surface area contributed by atoms with E-state index in [2.05, 4.69) is 171 Å². The van der Waals surface area contributed by atoms with Crippen molar-refractivity contribution < 1.29 is 69.0 Å². The molecule has 0 fully saturated rings. The van der Waals surface area contributed by atoms with E-state index in [0.29, 0.717) is 29.4 Å². The number of hydrogen-bond donors (Lipinski definition) is 0. The molecule has 8 aromatic rings. The van der Waals surface area contributed by atoms with E-state index in [9.17, 15) is 0 Å². The van der Waals surface area contributed by atoms with Crippen LogP contribution in [0.3, 0.4) is 0 Å². The molecule has 0 atom stereocenters. The minimum absolute atomic E-state index is 0. The molecule has 0 aliphatic carbocycles. The van der Waals surface area contributed by atoms with Gasteiger partial charge in [0.2, 0.25) is 0 Å². The average molecular weight is 1410 g/mol. The summed E-state index contributed by atoms with van der Waals surface area (Å²) in [7, 11) is 0. The van der Waals surface area contributed by atoms with Crippen LogP contribution in [0.15, 0.2) is 127 Å². The van der Waals surface area contributed by atoms with Crippen molar-refractivity contribution in [3.63, 3.8) is 0 Å². The molecule has 0 aliphatic heterocycles. The van der Waals surface area contributed by atoms with Gasteiger partial charge in [-0.2, -0.15) is 28.8 Å². The summed E-state index contributed by atoms with van der Waals surface area (Å²) >= 11 is 0. The standard InChI is InChI=1S/C28H29N3.C28H28N3.3CO2.2CH4.3CH3.2Ir/c2*1-19(2)15-22-17-24(29-5)18-23(16-20(3)4)27(22)31-26-14-10-9-13-25(26)30-28(31)21-11-7-6-8-12-21;3*2-1-3;;;;;;;/h6-14,17-20H,15-16H2,1-4H3;6-11,13-14,17-20H,15-16H2,1-4H3;;;;2*1H4;3*1H3;;/q;-1;;;;;;3*-1;;+3. The zero-order valence-electron chi connectivity index (χ0n) is 45.1. The van der Waals surface area contributed by atoms with Gasteiger partial charge in [0.15, 0.2) is 11.4 Å². The van der Waals surface area contributed by atoms with Crippen molar-refractivity contribution in [2.24, 2.45) is 23.7 Å². The first-order valence-corrected chi connectivity index (χ1v) is 23.2. The van der Waals surface area contributed by atoms with E-state index >= 15 is 0 Å². The second-order valence-electron chi connectivity index (χ2n) is 18.3. The molecule has 8 rings (SSSR count). The fourth-order valence-electron chi connectivity index (χ4n) is 8.57. The van der Waals surface area contributed by atoms with Crippen LogP contribution in [0.5, 0.6) is 0 Å². The first kappa shape index (κ1) is 77.2. The molecule has 1 radical (unpaired) electrons. The second-order valence-corrected chi connectivity index (χ2v) is 18.3. The van der Waals surface area contributed by atoms with Crippen molar-refractivity contribution >= 4 is 51.9 Å². The third-order valence-corrected chi connectivity index (χ3v) is 10.8. The van der Waals surface area contributed by atoms with Gasteiger partial charge in [0, 0.05) is 31.4 Å². The monoisotopic (exact) mass is 1410 g/mol. The van der Waals surface area contributed by atoms with E-state index < -0.39 is 0 Å². The molecule has 2 aromatic heterocycles. The molecule has 2 heterocycles. The van der Waals surface area contributed by atoms with Crippen molar-refractivity contribution in [3.8, 4) is 34.2 Å². The Balaban J connectivity index is -0.000000565. The number of rotatable bonds is 12. The summed E-state index contributed by atoms with van der Waals surface area (Å²) in [6.07, 6.45) is 4.41. The van der Waals surface area contributed by atoms with Gasteiger partial charge in [0.05, 0.1) is 46.7 Å². The number of para-hydroxylation sites is 4. The Morgan fingerprint density at radius 2 is 0.795 bits per heavy atom. The normalized spacial score (nSPS) is 9.36. The van der Waals surface area contributed by atoms with Crippen LogP contribution < -0.4 is 0 Å². The van der Waals surface area contributed by atoms with Crippen molar-refractivity contribution in [1.82, 2.24) is 19.1 Å². The molecule has 78 heavy (non-hydrogen) atoms. The quantitative estimate of drug-likeness (QED) is 0.110. The fourth-order valence-corrected chi connectivity index (χ4v) is 8.57. The van der Waals surface area contributed by atoms with Crippen LogP contribution in [0.25, 0.3) is 65.9 Å². The number of nitrogens with zero attached hydrogens (tertiary/aromatic N) is 6. The van der Waals surface area contributed by atoms with E-state index in [-0.39, 0.29) is 95.8 Å². The van der Waals surface area contributed by atoms with Crippen LogP contribution in [-0.4, -0.2) is 37.6 Å². The summed E-state index contributed by atoms with van der Waals surface area (Å²) in [6, 6.07) is 46.7. The number of benzene rings is 6. The molecular weight excluding hydrogens is 1330 g/mol. The Morgan fingerprint density at radius 3 is 1.12 bits per heavy atom. The molecule has 0 saturated carbocycles. The van der Waals surface area contributed by atoms with Crippen LogP contribution >= 0.6 is 0 Å². The molecule has 14 heteroatoms. The summed E-state index contributed by atoms with van der Waals surface area (Å²) in [5.74, 6) is 3.78. The van der Waals surface area contributed by atoms with Crippen LogP contribution in [-0.2, 0) is 94.7 Å². The topological polar surface area (TPSA) is 147 Å². The number of hydrogen-bond acceptors (Lipinski definition) is 8. The summed E-state index contributed by atoms with van der Waals surface area (Å²) in [5.41, 5.74) is 14.9. The number of imidazole rings is 2. The van der Waals surface area contributed by atoms with Crippen LogP contribution in [0.1, 0.15) is 92.5 Å². The van der Waals surface area contributed by atoms with Gasteiger partial charge in [-0.3, -0.25) is 9.55 Å². The predicted molar refractivity (Wildman–Crippen MR) is 306 cm³/mol. The van der Waals surface area contributed by atoms with Crippen LogP contribution in [0, 0.1) is 65.2 Å². The largest absolute Gasteiger partial charge is 3.00 e. The van der Waals surface area contributed by atoms with Crippen LogP contribution in [0.4, 0.5) is 11.4 Å². The molecule has 0 amide bonds. The Morgan fingerprint density at radius 1 is 0.487 bits per heavy atom. The van der Waals surface area contributed by atoms with Crippen molar-refractivity contribution in [2.75, 3.05) is 0 Å². The smallest absolute Gasteiger partial charge is 0.358 e. The second kappa shape index (κ2) is 39.1. The van der Waals surface area contributed by atoms with Gasteiger partial charge in [-0.05, 0) is 95.9 Å². The Kier molecular flexibility index (Phi) is 38.7.